The van der Waals surface area contributed by atoms with E-state index in [1.54, 1.807) is 21.7 Å². The minimum Gasteiger partial charge on any atom is -0.385 e. The Bertz CT molecular complexity index is 860. The van der Waals surface area contributed by atoms with Gasteiger partial charge >= 0.3 is 0 Å². The average Bonchev–Trinajstić information content (AvgIpc) is 2.76. The number of hydrogen-bond acceptors (Lipinski definition) is 2. The summed E-state index contributed by atoms with van der Waals surface area (Å²) in [6.07, 6.45) is 4.93. The zero-order valence-electron chi connectivity index (χ0n) is 24.7. The summed E-state index contributed by atoms with van der Waals surface area (Å²) in [5.41, 5.74) is 5.99. The normalized spacial score (nSPS) is 13.7. The highest BCUT2D eigenvalue weighted by Crippen LogP contribution is 2.39. The fourth-order valence-electron chi connectivity index (χ4n) is 4.54. The summed E-state index contributed by atoms with van der Waals surface area (Å²) in [4.78, 5) is 0. The van der Waals surface area contributed by atoms with E-state index in [0.717, 1.165) is 30.3 Å². The molecule has 2 rings (SSSR count). The molecule has 0 saturated carbocycles. The standard InChI is InChI=1S/C30H54N2P2Si2/c1-10-12-20-31-27-18-14-16-25(22-35(4,5)6)29(27)33-24(3)34-30-26(23-36(7,8)9)17-15-19-28(30)32-21-13-11-2/h14-19,24,31-34H,10-13,20-23H2,1-9H3. The van der Waals surface area contributed by atoms with Gasteiger partial charge in [0, 0.05) is 40.6 Å². The molecular weight excluding hydrogens is 506 g/mol. The van der Waals surface area contributed by atoms with Gasteiger partial charge in [0.2, 0.25) is 0 Å². The average molecular weight is 561 g/mol. The van der Waals surface area contributed by atoms with Crippen LogP contribution in [-0.2, 0) is 12.1 Å². The number of nitrogens with one attached hydrogen (secondary N) is 2. The maximum absolute atomic E-state index is 3.82. The predicted molar refractivity (Wildman–Crippen MR) is 179 cm³/mol. The summed E-state index contributed by atoms with van der Waals surface area (Å²) in [7, 11) is -0.735. The first-order valence-electron chi connectivity index (χ1n) is 14.2. The van der Waals surface area contributed by atoms with Crippen LogP contribution in [0.15, 0.2) is 36.4 Å². The minimum atomic E-state index is -1.21. The van der Waals surface area contributed by atoms with E-state index in [9.17, 15) is 0 Å². The van der Waals surface area contributed by atoms with Crippen molar-refractivity contribution in [2.45, 2.75) is 103 Å². The van der Waals surface area contributed by atoms with Crippen molar-refractivity contribution in [1.29, 1.82) is 0 Å². The van der Waals surface area contributed by atoms with Crippen molar-refractivity contribution in [2.24, 2.45) is 0 Å². The van der Waals surface area contributed by atoms with Gasteiger partial charge in [0.05, 0.1) is 0 Å². The molecule has 0 fully saturated rings. The Balaban J connectivity index is 2.37. The van der Waals surface area contributed by atoms with E-state index >= 15 is 0 Å². The Hall–Kier alpha value is -0.666. The fourth-order valence-corrected chi connectivity index (χ4v) is 11.2. The summed E-state index contributed by atoms with van der Waals surface area (Å²) in [6, 6.07) is 16.6. The highest BCUT2D eigenvalue weighted by atomic mass is 31.1. The molecule has 2 nitrogen and oxygen atoms in total. The van der Waals surface area contributed by atoms with Gasteiger partial charge in [-0.1, -0.05) is 114 Å². The van der Waals surface area contributed by atoms with E-state index in [2.05, 4.69) is 107 Å². The lowest BCUT2D eigenvalue weighted by atomic mass is 10.2. The minimum absolute atomic E-state index is 0.647. The van der Waals surface area contributed by atoms with Gasteiger partial charge in [-0.05, 0) is 64.2 Å². The second-order valence-corrected chi connectivity index (χ2v) is 27.6. The van der Waals surface area contributed by atoms with Crippen LogP contribution in [0, 0.1) is 0 Å². The molecule has 0 aromatic heterocycles. The van der Waals surface area contributed by atoms with E-state index in [4.69, 9.17) is 0 Å². The van der Waals surface area contributed by atoms with Gasteiger partial charge in [-0.2, -0.15) is 0 Å². The zero-order valence-corrected chi connectivity index (χ0v) is 28.7. The number of anilines is 2. The Labute approximate surface area is 229 Å². The van der Waals surface area contributed by atoms with Crippen LogP contribution >= 0.6 is 17.2 Å². The first-order chi connectivity index (χ1) is 16.9. The topological polar surface area (TPSA) is 24.1 Å². The van der Waals surface area contributed by atoms with E-state index in [1.165, 1.54) is 49.1 Å². The van der Waals surface area contributed by atoms with E-state index in [0.29, 0.717) is 5.40 Å². The summed E-state index contributed by atoms with van der Waals surface area (Å²) < 4.78 is 0. The summed E-state index contributed by atoms with van der Waals surface area (Å²) in [5.74, 6) is 0. The second kappa shape index (κ2) is 15.1. The maximum atomic E-state index is 3.82. The largest absolute Gasteiger partial charge is 0.385 e. The third-order valence-corrected chi connectivity index (χ3v) is 12.5. The molecule has 0 aliphatic rings. The monoisotopic (exact) mass is 560 g/mol. The third kappa shape index (κ3) is 11.4. The predicted octanol–water partition coefficient (Wildman–Crippen LogP) is 8.60. The van der Waals surface area contributed by atoms with Crippen LogP contribution in [0.4, 0.5) is 11.4 Å². The van der Waals surface area contributed by atoms with Crippen LogP contribution in [-0.4, -0.2) is 34.6 Å². The van der Waals surface area contributed by atoms with Crippen LogP contribution in [0.2, 0.25) is 39.3 Å². The van der Waals surface area contributed by atoms with Crippen molar-refractivity contribution in [2.75, 3.05) is 23.7 Å². The van der Waals surface area contributed by atoms with Gasteiger partial charge in [0.15, 0.2) is 0 Å². The van der Waals surface area contributed by atoms with E-state index < -0.39 is 16.1 Å². The first kappa shape index (κ1) is 31.6. The van der Waals surface area contributed by atoms with Crippen LogP contribution in [0.1, 0.15) is 57.6 Å². The molecule has 0 spiro atoms. The molecule has 2 aromatic carbocycles. The molecule has 0 aliphatic carbocycles. The molecule has 2 aromatic rings. The van der Waals surface area contributed by atoms with E-state index in [-0.39, 0.29) is 0 Å². The van der Waals surface area contributed by atoms with Crippen LogP contribution in [0.25, 0.3) is 0 Å². The Morgan fingerprint density at radius 3 is 1.39 bits per heavy atom. The smallest absolute Gasteiger partial charge is 0.0487 e. The highest BCUT2D eigenvalue weighted by molar-refractivity contribution is 7.66. The summed E-state index contributed by atoms with van der Waals surface area (Å²) in [5, 5.41) is 11.5. The number of benzene rings is 2. The fraction of sp³-hybridized carbons (Fsp3) is 0.600. The maximum Gasteiger partial charge on any atom is 0.0487 e. The molecule has 202 valence electrons. The molecule has 0 heterocycles. The zero-order chi connectivity index (χ0) is 26.8. The Morgan fingerprint density at radius 1 is 0.667 bits per heavy atom. The third-order valence-electron chi connectivity index (χ3n) is 6.16. The summed E-state index contributed by atoms with van der Waals surface area (Å²) >= 11 is 0. The van der Waals surface area contributed by atoms with Crippen molar-refractivity contribution in [3.05, 3.63) is 47.5 Å². The molecule has 0 bridgehead atoms. The summed E-state index contributed by atoms with van der Waals surface area (Å²) in [6.45, 7) is 24.2. The van der Waals surface area contributed by atoms with E-state index in [1.807, 2.05) is 0 Å². The number of unbranched alkanes of at least 4 members (excludes halogenated alkanes) is 2. The van der Waals surface area contributed by atoms with Crippen LogP contribution < -0.4 is 21.2 Å². The van der Waals surface area contributed by atoms with Gasteiger partial charge in [-0.3, -0.25) is 0 Å². The molecule has 36 heavy (non-hydrogen) atoms. The van der Waals surface area contributed by atoms with Crippen molar-refractivity contribution in [1.82, 2.24) is 0 Å². The molecule has 2 atom stereocenters. The lowest BCUT2D eigenvalue weighted by Gasteiger charge is -2.26. The molecule has 0 saturated heterocycles. The highest BCUT2D eigenvalue weighted by Gasteiger charge is 2.22. The van der Waals surface area contributed by atoms with Crippen molar-refractivity contribution < 1.29 is 0 Å². The number of rotatable bonds is 16. The van der Waals surface area contributed by atoms with Crippen molar-refractivity contribution in [3.8, 4) is 0 Å². The lowest BCUT2D eigenvalue weighted by Crippen LogP contribution is -2.28. The van der Waals surface area contributed by atoms with Gasteiger partial charge in [-0.15, -0.1) is 0 Å². The molecule has 0 radical (unpaired) electrons. The molecule has 0 amide bonds. The van der Waals surface area contributed by atoms with Crippen LogP contribution in [0.3, 0.4) is 0 Å². The SMILES string of the molecule is CCCCNc1cccc(C[Si](C)(C)C)c1PC(C)Pc1c(C[Si](C)(C)C)cccc1NCCCC. The number of hydrogen-bond donors (Lipinski definition) is 2. The molecule has 2 N–H and O–H groups in total. The van der Waals surface area contributed by atoms with Gasteiger partial charge in [0.25, 0.3) is 0 Å². The quantitative estimate of drug-likeness (QED) is 0.122. The molecular formula is C30H54N2P2Si2. The Morgan fingerprint density at radius 2 is 1.06 bits per heavy atom. The van der Waals surface area contributed by atoms with Crippen molar-refractivity contribution >= 4 is 55.3 Å². The van der Waals surface area contributed by atoms with Gasteiger partial charge in [0.1, 0.15) is 0 Å². The molecule has 6 heteroatoms. The Kier molecular flexibility index (Phi) is 13.2. The van der Waals surface area contributed by atoms with Crippen molar-refractivity contribution in [3.63, 3.8) is 0 Å². The van der Waals surface area contributed by atoms with Gasteiger partial charge in [-0.25, -0.2) is 0 Å². The molecule has 0 aliphatic heterocycles. The lowest BCUT2D eigenvalue weighted by molar-refractivity contribution is 0.835. The van der Waals surface area contributed by atoms with Crippen LogP contribution in [0.5, 0.6) is 0 Å². The van der Waals surface area contributed by atoms with Gasteiger partial charge < -0.3 is 10.6 Å². The molecule has 2 unspecified atom stereocenters. The first-order valence-corrected chi connectivity index (χ1v) is 23.7. The second-order valence-electron chi connectivity index (χ2n) is 12.7.